The molecule has 29 heavy (non-hydrogen) atoms. The summed E-state index contributed by atoms with van der Waals surface area (Å²) in [6, 6.07) is 4.45. The second-order valence-electron chi connectivity index (χ2n) is 5.82. The molecule has 3 rings (SSSR count). The predicted octanol–water partition coefficient (Wildman–Crippen LogP) is 5.71. The Balaban J connectivity index is 1.92. The average molecular weight is 452 g/mol. The van der Waals surface area contributed by atoms with Crippen LogP contribution >= 0.6 is 22.9 Å². The Bertz CT molecular complexity index is 1100. The Morgan fingerprint density at radius 2 is 2.00 bits per heavy atom. The van der Waals surface area contributed by atoms with E-state index in [1.165, 1.54) is 19.1 Å². The Morgan fingerprint density at radius 3 is 2.59 bits per heavy atom. The molecule has 12 heteroatoms. The van der Waals surface area contributed by atoms with Crippen LogP contribution in [0.5, 0.6) is 5.75 Å². The van der Waals surface area contributed by atoms with Crippen molar-refractivity contribution in [3.8, 4) is 5.75 Å². The van der Waals surface area contributed by atoms with E-state index in [-0.39, 0.29) is 42.8 Å². The van der Waals surface area contributed by atoms with Crippen molar-refractivity contribution in [1.82, 2.24) is 4.98 Å². The highest BCUT2D eigenvalue weighted by atomic mass is 35.5. The van der Waals surface area contributed by atoms with Crippen LogP contribution in [0.3, 0.4) is 0 Å². The molecule has 1 aromatic carbocycles. The number of pyridine rings is 1. The second kappa shape index (κ2) is 7.64. The minimum absolute atomic E-state index is 0.00928. The van der Waals surface area contributed by atoms with Crippen molar-refractivity contribution >= 4 is 50.4 Å². The van der Waals surface area contributed by atoms with Crippen LogP contribution in [0.1, 0.15) is 20.9 Å². The number of fused-ring (bicyclic) bond motifs is 1. The number of alkyl halides is 5. The number of nitrogens with two attached hydrogens (primary N) is 1. The van der Waals surface area contributed by atoms with Crippen LogP contribution in [0, 0.1) is 6.92 Å². The van der Waals surface area contributed by atoms with Crippen molar-refractivity contribution in [1.29, 1.82) is 0 Å². The van der Waals surface area contributed by atoms with Gasteiger partial charge in [0.1, 0.15) is 21.2 Å². The van der Waals surface area contributed by atoms with Gasteiger partial charge < -0.3 is 15.8 Å². The highest BCUT2D eigenvalue weighted by Crippen LogP contribution is 2.38. The zero-order valence-corrected chi connectivity index (χ0v) is 16.0. The maximum Gasteiger partial charge on any atom is 0.433 e. The van der Waals surface area contributed by atoms with E-state index < -0.39 is 24.4 Å². The SMILES string of the molecule is Cc1cc(C(F)(F)F)nc2sc(C(=O)Nc3ccc(OC(F)F)c(Cl)c3)c(N)c12. The second-order valence-corrected chi connectivity index (χ2v) is 7.23. The lowest BCUT2D eigenvalue weighted by molar-refractivity contribution is -0.141. The fraction of sp³-hybridized carbons (Fsp3) is 0.176. The molecule has 5 nitrogen and oxygen atoms in total. The fourth-order valence-electron chi connectivity index (χ4n) is 2.58. The van der Waals surface area contributed by atoms with Crippen LogP contribution in [-0.4, -0.2) is 17.5 Å². The molecule has 3 aromatic rings. The zero-order valence-electron chi connectivity index (χ0n) is 14.4. The first kappa shape index (κ1) is 21.1. The Kier molecular flexibility index (Phi) is 5.54. The van der Waals surface area contributed by atoms with Crippen LogP contribution in [0.25, 0.3) is 10.2 Å². The van der Waals surface area contributed by atoms with Crippen molar-refractivity contribution in [3.05, 3.63) is 45.4 Å². The Hall–Kier alpha value is -2.66. The number of thiophene rings is 1. The zero-order chi connectivity index (χ0) is 21.5. The minimum atomic E-state index is -4.64. The summed E-state index contributed by atoms with van der Waals surface area (Å²) in [5, 5.41) is 2.55. The van der Waals surface area contributed by atoms with Gasteiger partial charge in [-0.3, -0.25) is 4.79 Å². The fourth-order valence-corrected chi connectivity index (χ4v) is 3.87. The van der Waals surface area contributed by atoms with Gasteiger partial charge in [-0.25, -0.2) is 4.98 Å². The summed E-state index contributed by atoms with van der Waals surface area (Å²) < 4.78 is 67.6. The van der Waals surface area contributed by atoms with E-state index in [0.717, 1.165) is 12.1 Å². The summed E-state index contributed by atoms with van der Waals surface area (Å²) in [5.41, 5.74) is 5.25. The number of rotatable bonds is 4. The van der Waals surface area contributed by atoms with Crippen molar-refractivity contribution < 1.29 is 31.5 Å². The van der Waals surface area contributed by atoms with Crippen molar-refractivity contribution in [2.45, 2.75) is 19.7 Å². The standard InChI is InChI=1S/C17H11ClF5N3O2S/c1-6-4-10(17(21,22)23)26-15-11(6)12(24)13(29-15)14(27)25-7-2-3-9(8(18)5-7)28-16(19)20/h2-5,16H,24H2,1H3,(H,25,27). The number of nitrogens with zero attached hydrogens (tertiary/aromatic N) is 1. The van der Waals surface area contributed by atoms with Gasteiger partial charge in [0.15, 0.2) is 0 Å². The third-order valence-corrected chi connectivity index (χ3v) is 5.19. The van der Waals surface area contributed by atoms with Gasteiger partial charge in [-0.1, -0.05) is 11.6 Å². The maximum atomic E-state index is 13.0. The Labute approximate surface area is 169 Å². The molecule has 0 bridgehead atoms. The van der Waals surface area contributed by atoms with Crippen LogP contribution in [0.2, 0.25) is 5.02 Å². The third-order valence-electron chi connectivity index (χ3n) is 3.80. The maximum absolute atomic E-state index is 13.0. The van der Waals surface area contributed by atoms with Gasteiger partial charge in [0.25, 0.3) is 5.91 Å². The number of aromatic nitrogens is 1. The van der Waals surface area contributed by atoms with E-state index >= 15 is 0 Å². The number of hydrogen-bond acceptors (Lipinski definition) is 5. The molecular formula is C17H11ClF5N3O2S. The number of ether oxygens (including phenoxy) is 1. The summed E-state index contributed by atoms with van der Waals surface area (Å²) in [7, 11) is 0. The van der Waals surface area contributed by atoms with Gasteiger partial charge in [-0.15, -0.1) is 11.3 Å². The van der Waals surface area contributed by atoms with Gasteiger partial charge in [0.2, 0.25) is 0 Å². The normalized spacial score (nSPS) is 11.9. The first-order valence-corrected chi connectivity index (χ1v) is 8.99. The highest BCUT2D eigenvalue weighted by molar-refractivity contribution is 7.21. The van der Waals surface area contributed by atoms with Crippen LogP contribution in [-0.2, 0) is 6.18 Å². The number of nitrogens with one attached hydrogen (secondary N) is 1. The largest absolute Gasteiger partial charge is 0.433 e. The molecule has 2 heterocycles. The van der Waals surface area contributed by atoms with E-state index in [9.17, 15) is 26.7 Å². The van der Waals surface area contributed by atoms with Gasteiger partial charge in [0, 0.05) is 11.1 Å². The summed E-state index contributed by atoms with van der Waals surface area (Å²) in [6.45, 7) is -1.63. The molecule has 0 atom stereocenters. The van der Waals surface area contributed by atoms with E-state index in [2.05, 4.69) is 15.0 Å². The molecule has 0 unspecified atom stereocenters. The topological polar surface area (TPSA) is 77.2 Å². The summed E-state index contributed by atoms with van der Waals surface area (Å²) in [6.07, 6.45) is -4.64. The number of amides is 1. The number of nitrogen functional groups attached to an aromatic ring is 1. The lowest BCUT2D eigenvalue weighted by Gasteiger charge is -2.09. The molecule has 0 aliphatic heterocycles. The van der Waals surface area contributed by atoms with Crippen LogP contribution in [0.4, 0.5) is 33.3 Å². The third kappa shape index (κ3) is 4.35. The average Bonchev–Trinajstić information content (AvgIpc) is 2.93. The van der Waals surface area contributed by atoms with E-state index in [1.54, 1.807) is 0 Å². The van der Waals surface area contributed by atoms with Crippen molar-refractivity contribution in [2.75, 3.05) is 11.1 Å². The number of hydrogen-bond donors (Lipinski definition) is 2. The predicted molar refractivity (Wildman–Crippen MR) is 99.8 cm³/mol. The number of carbonyl (C=O) groups excluding carboxylic acids is 1. The summed E-state index contributed by atoms with van der Waals surface area (Å²) in [5.74, 6) is -0.988. The van der Waals surface area contributed by atoms with Gasteiger partial charge >= 0.3 is 12.8 Å². The minimum Gasteiger partial charge on any atom is -0.433 e. The van der Waals surface area contributed by atoms with E-state index in [0.29, 0.717) is 11.3 Å². The number of anilines is 2. The smallest absolute Gasteiger partial charge is 0.433 e. The molecule has 3 N–H and O–H groups in total. The Morgan fingerprint density at radius 1 is 1.31 bits per heavy atom. The molecule has 0 fully saturated rings. The molecule has 154 valence electrons. The van der Waals surface area contributed by atoms with E-state index in [4.69, 9.17) is 17.3 Å². The molecule has 2 aromatic heterocycles. The molecule has 0 aliphatic carbocycles. The molecule has 0 spiro atoms. The molecule has 0 radical (unpaired) electrons. The first-order valence-electron chi connectivity index (χ1n) is 7.80. The quantitative estimate of drug-likeness (QED) is 0.498. The number of carbonyl (C=O) groups is 1. The summed E-state index contributed by atoms with van der Waals surface area (Å²) >= 11 is 6.54. The monoisotopic (exact) mass is 451 g/mol. The molecule has 0 saturated carbocycles. The number of benzene rings is 1. The first-order chi connectivity index (χ1) is 13.5. The van der Waals surface area contributed by atoms with Crippen molar-refractivity contribution in [3.63, 3.8) is 0 Å². The van der Waals surface area contributed by atoms with Crippen LogP contribution in [0.15, 0.2) is 24.3 Å². The van der Waals surface area contributed by atoms with Gasteiger partial charge in [-0.05, 0) is 36.8 Å². The lowest BCUT2D eigenvalue weighted by Crippen LogP contribution is -2.12. The van der Waals surface area contributed by atoms with E-state index in [1.807, 2.05) is 0 Å². The van der Waals surface area contributed by atoms with Gasteiger partial charge in [-0.2, -0.15) is 22.0 Å². The lowest BCUT2D eigenvalue weighted by atomic mass is 10.1. The molecular weight excluding hydrogens is 441 g/mol. The number of aryl methyl sites for hydroxylation is 1. The molecule has 1 amide bonds. The van der Waals surface area contributed by atoms with Crippen LogP contribution < -0.4 is 15.8 Å². The summed E-state index contributed by atoms with van der Waals surface area (Å²) in [4.78, 5) is 16.0. The highest BCUT2D eigenvalue weighted by Gasteiger charge is 2.34. The van der Waals surface area contributed by atoms with Crippen molar-refractivity contribution in [2.24, 2.45) is 0 Å². The van der Waals surface area contributed by atoms with Gasteiger partial charge in [0.05, 0.1) is 10.7 Å². The molecule has 0 saturated heterocycles. The molecule has 0 aliphatic rings. The number of halogens is 6.